The number of rotatable bonds is 5. The summed E-state index contributed by atoms with van der Waals surface area (Å²) in [7, 11) is 2.65. The molecule has 0 amide bonds. The van der Waals surface area contributed by atoms with E-state index in [4.69, 9.17) is 4.74 Å². The summed E-state index contributed by atoms with van der Waals surface area (Å²) in [6.45, 7) is 0. The van der Waals surface area contributed by atoms with E-state index in [1.807, 2.05) is 0 Å². The molecule has 0 aliphatic rings. The molecule has 0 aliphatic carbocycles. The average molecular weight is 390 g/mol. The first-order valence-electron chi connectivity index (χ1n) is 8.41. The number of methoxy groups -OCH3 is 1. The van der Waals surface area contributed by atoms with Crippen molar-refractivity contribution >= 4 is 16.6 Å². The van der Waals surface area contributed by atoms with Gasteiger partial charge in [0.2, 0.25) is 0 Å². The van der Waals surface area contributed by atoms with Crippen LogP contribution in [0.1, 0.15) is 16.8 Å². The second kappa shape index (κ2) is 7.46. The number of carbonyl (C=O) groups excluding carboxylic acids is 1. The molecule has 0 radical (unpaired) electrons. The monoisotopic (exact) mass is 390 g/mol. The van der Waals surface area contributed by atoms with Crippen molar-refractivity contribution in [3.8, 4) is 5.75 Å². The normalized spacial score (nSPS) is 11.6. The molecule has 0 atom stereocenters. The number of alkyl halides is 3. The maximum Gasteiger partial charge on any atom is 0.419 e. The van der Waals surface area contributed by atoms with Crippen LogP contribution in [0.15, 0.2) is 47.3 Å². The summed E-state index contributed by atoms with van der Waals surface area (Å²) in [5, 5.41) is 5.15. The summed E-state index contributed by atoms with van der Waals surface area (Å²) in [6, 6.07) is 10.3. The molecule has 3 rings (SSSR count). The van der Waals surface area contributed by atoms with Crippen molar-refractivity contribution in [2.24, 2.45) is 7.05 Å². The average Bonchev–Trinajstić information content (AvgIpc) is 2.65. The first-order valence-corrected chi connectivity index (χ1v) is 8.41. The van der Waals surface area contributed by atoms with Crippen LogP contribution >= 0.6 is 0 Å². The van der Waals surface area contributed by atoms with Gasteiger partial charge in [-0.3, -0.25) is 9.59 Å². The second-order valence-electron chi connectivity index (χ2n) is 6.35. The molecule has 3 aromatic rings. The van der Waals surface area contributed by atoms with Crippen LogP contribution in [0.5, 0.6) is 5.75 Å². The fraction of sp³-hybridized carbons (Fsp3) is 0.250. The molecule has 2 aromatic carbocycles. The van der Waals surface area contributed by atoms with Gasteiger partial charge >= 0.3 is 6.18 Å². The number of halogens is 3. The van der Waals surface area contributed by atoms with Crippen LogP contribution in [0.3, 0.4) is 0 Å². The van der Waals surface area contributed by atoms with E-state index in [9.17, 15) is 22.8 Å². The molecule has 8 heteroatoms. The molecule has 0 unspecified atom stereocenters. The van der Waals surface area contributed by atoms with E-state index in [-0.39, 0.29) is 35.5 Å². The molecule has 0 bridgehead atoms. The van der Waals surface area contributed by atoms with Gasteiger partial charge in [-0.2, -0.15) is 18.3 Å². The third-order valence-corrected chi connectivity index (χ3v) is 4.37. The number of hydrogen-bond acceptors (Lipinski definition) is 4. The molecule has 1 aromatic heterocycles. The van der Waals surface area contributed by atoms with Crippen LogP contribution in [-0.2, 0) is 30.9 Å². The van der Waals surface area contributed by atoms with Crippen molar-refractivity contribution in [3.63, 3.8) is 0 Å². The van der Waals surface area contributed by atoms with Gasteiger partial charge in [0.15, 0.2) is 0 Å². The van der Waals surface area contributed by atoms with Crippen LogP contribution < -0.4 is 10.3 Å². The van der Waals surface area contributed by atoms with E-state index in [2.05, 4.69) is 5.10 Å². The zero-order valence-corrected chi connectivity index (χ0v) is 15.2. The zero-order chi connectivity index (χ0) is 20.5. The molecule has 0 fully saturated rings. The van der Waals surface area contributed by atoms with Gasteiger partial charge in [0, 0.05) is 18.9 Å². The van der Waals surface area contributed by atoms with Crippen LogP contribution in [0.2, 0.25) is 0 Å². The number of Topliss-reactive ketones (excluding diaryl/α,β-unsaturated/α-hetero) is 1. The maximum absolute atomic E-state index is 13.1. The number of ketones is 1. The lowest BCUT2D eigenvalue weighted by Crippen LogP contribution is -2.22. The van der Waals surface area contributed by atoms with E-state index in [1.165, 1.54) is 19.2 Å². The lowest BCUT2D eigenvalue weighted by molar-refractivity contribution is -0.138. The molecular weight excluding hydrogens is 373 g/mol. The predicted octanol–water partition coefficient (Wildman–Crippen LogP) is 3.32. The Morgan fingerprint density at radius 1 is 1.11 bits per heavy atom. The fourth-order valence-corrected chi connectivity index (χ4v) is 3.07. The topological polar surface area (TPSA) is 61.2 Å². The summed E-state index contributed by atoms with van der Waals surface area (Å²) >= 11 is 0. The second-order valence-corrected chi connectivity index (χ2v) is 6.35. The highest BCUT2D eigenvalue weighted by atomic mass is 19.4. The van der Waals surface area contributed by atoms with Crippen molar-refractivity contribution in [1.29, 1.82) is 0 Å². The highest BCUT2D eigenvalue weighted by molar-refractivity contribution is 5.90. The molecule has 0 saturated heterocycles. The quantitative estimate of drug-likeness (QED) is 0.671. The van der Waals surface area contributed by atoms with E-state index in [0.717, 1.165) is 17.9 Å². The first kappa shape index (κ1) is 19.6. The minimum absolute atomic E-state index is 0.0952. The number of fused-ring (bicyclic) bond motifs is 1. The van der Waals surface area contributed by atoms with Gasteiger partial charge in [-0.15, -0.1) is 0 Å². The Kier molecular flexibility index (Phi) is 5.22. The number of benzene rings is 2. The first-order chi connectivity index (χ1) is 13.2. The van der Waals surface area contributed by atoms with E-state index >= 15 is 0 Å². The summed E-state index contributed by atoms with van der Waals surface area (Å²) in [4.78, 5) is 24.6. The van der Waals surface area contributed by atoms with Crippen LogP contribution in [0, 0.1) is 0 Å². The summed E-state index contributed by atoms with van der Waals surface area (Å²) in [5.41, 5.74) is -0.567. The molecule has 0 spiro atoms. The highest BCUT2D eigenvalue weighted by Crippen LogP contribution is 2.36. The highest BCUT2D eigenvalue weighted by Gasteiger charge is 2.34. The number of ether oxygens (including phenoxy) is 1. The van der Waals surface area contributed by atoms with Gasteiger partial charge in [0.1, 0.15) is 11.5 Å². The van der Waals surface area contributed by atoms with E-state index in [1.54, 1.807) is 24.3 Å². The van der Waals surface area contributed by atoms with Gasteiger partial charge in [-0.1, -0.05) is 24.3 Å². The van der Waals surface area contributed by atoms with Crippen molar-refractivity contribution in [3.05, 3.63) is 69.6 Å². The van der Waals surface area contributed by atoms with E-state index < -0.39 is 11.7 Å². The van der Waals surface area contributed by atoms with Crippen LogP contribution in [0.4, 0.5) is 13.2 Å². The minimum Gasteiger partial charge on any atom is -0.496 e. The summed E-state index contributed by atoms with van der Waals surface area (Å²) in [5.74, 6) is -0.607. The molecule has 5 nitrogen and oxygen atoms in total. The van der Waals surface area contributed by atoms with Crippen molar-refractivity contribution in [2.45, 2.75) is 19.0 Å². The number of aromatic nitrogens is 2. The maximum atomic E-state index is 13.1. The Morgan fingerprint density at radius 3 is 2.43 bits per heavy atom. The van der Waals surface area contributed by atoms with Crippen LogP contribution in [0.25, 0.3) is 10.8 Å². The smallest absolute Gasteiger partial charge is 0.419 e. The van der Waals surface area contributed by atoms with E-state index in [0.29, 0.717) is 16.5 Å². The van der Waals surface area contributed by atoms with Gasteiger partial charge < -0.3 is 4.74 Å². The number of hydrogen-bond donors (Lipinski definition) is 0. The van der Waals surface area contributed by atoms with Gasteiger partial charge in [0.25, 0.3) is 5.56 Å². The Morgan fingerprint density at radius 2 is 1.79 bits per heavy atom. The molecule has 146 valence electrons. The van der Waals surface area contributed by atoms with Gasteiger partial charge in [0.05, 0.1) is 30.2 Å². The lowest BCUT2D eigenvalue weighted by atomic mass is 10.0. The number of aryl methyl sites for hydroxylation is 1. The largest absolute Gasteiger partial charge is 0.496 e. The Hall–Kier alpha value is -3.16. The van der Waals surface area contributed by atoms with Crippen molar-refractivity contribution in [1.82, 2.24) is 9.78 Å². The number of carbonyl (C=O) groups is 1. The Balaban J connectivity index is 1.89. The predicted molar refractivity (Wildman–Crippen MR) is 97.4 cm³/mol. The molecule has 0 aliphatic heterocycles. The molecular formula is C20H17F3N2O3. The van der Waals surface area contributed by atoms with Crippen molar-refractivity contribution < 1.29 is 22.7 Å². The third kappa shape index (κ3) is 3.90. The Bertz CT molecular complexity index is 1100. The molecule has 0 N–H and O–H groups in total. The fourth-order valence-electron chi connectivity index (χ4n) is 3.07. The SMILES string of the molecule is COc1ccc(CC(=O)Cc2nn(C)c(=O)c3ccccc23)cc1C(F)(F)F. The summed E-state index contributed by atoms with van der Waals surface area (Å²) < 4.78 is 45.4. The molecule has 0 saturated carbocycles. The Labute approximate surface area is 158 Å². The van der Waals surface area contributed by atoms with Crippen molar-refractivity contribution in [2.75, 3.05) is 7.11 Å². The molecule has 28 heavy (non-hydrogen) atoms. The molecule has 1 heterocycles. The van der Waals surface area contributed by atoms with Gasteiger partial charge in [-0.05, 0) is 23.8 Å². The lowest BCUT2D eigenvalue weighted by Gasteiger charge is -2.13. The summed E-state index contributed by atoms with van der Waals surface area (Å²) in [6.07, 6.45) is -4.87. The van der Waals surface area contributed by atoms with Gasteiger partial charge in [-0.25, -0.2) is 4.68 Å². The third-order valence-electron chi connectivity index (χ3n) is 4.37. The number of nitrogens with zero attached hydrogens (tertiary/aromatic N) is 2. The minimum atomic E-state index is -4.58. The zero-order valence-electron chi connectivity index (χ0n) is 15.2. The van der Waals surface area contributed by atoms with Crippen LogP contribution in [-0.4, -0.2) is 22.7 Å². The standard InChI is InChI=1S/C20H17F3N2O3/c1-25-19(27)15-6-4-3-5-14(15)17(24-25)11-13(26)9-12-7-8-18(28-2)16(10-12)20(21,22)23/h3-8,10H,9,11H2,1-2H3.